The number of hydrogen-bond acceptors (Lipinski definition) is 5. The van der Waals surface area contributed by atoms with E-state index in [9.17, 15) is 0 Å². The van der Waals surface area contributed by atoms with Gasteiger partial charge in [-0.25, -0.2) is 0 Å². The molecular weight excluding hydrogens is 198 g/mol. The Labute approximate surface area is 85.7 Å². The lowest BCUT2D eigenvalue weighted by Gasteiger charge is -2.03. The van der Waals surface area contributed by atoms with Crippen LogP contribution in [0, 0.1) is 0 Å². The molecule has 1 heterocycles. The van der Waals surface area contributed by atoms with Crippen molar-refractivity contribution in [1.82, 2.24) is 8.75 Å². The van der Waals surface area contributed by atoms with Crippen molar-refractivity contribution >= 4 is 17.4 Å². The van der Waals surface area contributed by atoms with Gasteiger partial charge in [0.15, 0.2) is 0 Å². The normalized spacial score (nSPS) is 10.0. The van der Waals surface area contributed by atoms with Crippen molar-refractivity contribution in [3.8, 4) is 5.75 Å². The molecule has 0 atom stereocenters. The van der Waals surface area contributed by atoms with E-state index >= 15 is 0 Å². The van der Waals surface area contributed by atoms with Crippen LogP contribution in [-0.2, 0) is 6.61 Å². The van der Waals surface area contributed by atoms with Crippen LogP contribution in [0.2, 0.25) is 0 Å². The summed E-state index contributed by atoms with van der Waals surface area (Å²) in [5, 5.41) is 0. The molecule has 2 N–H and O–H groups in total. The molecule has 1 aromatic carbocycles. The Morgan fingerprint density at radius 2 is 2.36 bits per heavy atom. The lowest BCUT2D eigenvalue weighted by Crippen LogP contribution is -1.95. The second-order valence-electron chi connectivity index (χ2n) is 2.76. The third kappa shape index (κ3) is 2.20. The Bertz CT molecular complexity index is 402. The molecule has 0 unspecified atom stereocenters. The molecule has 14 heavy (non-hydrogen) atoms. The quantitative estimate of drug-likeness (QED) is 0.778. The summed E-state index contributed by atoms with van der Waals surface area (Å²) in [4.78, 5) is 0. The van der Waals surface area contributed by atoms with Crippen molar-refractivity contribution in [3.05, 3.63) is 36.2 Å². The smallest absolute Gasteiger partial charge is 0.133 e. The molecule has 5 heteroatoms. The van der Waals surface area contributed by atoms with Gasteiger partial charge in [-0.2, -0.15) is 8.75 Å². The topological polar surface area (TPSA) is 61.0 Å². The molecule has 0 fully saturated rings. The van der Waals surface area contributed by atoms with E-state index in [0.29, 0.717) is 12.3 Å². The highest BCUT2D eigenvalue weighted by Crippen LogP contribution is 2.15. The van der Waals surface area contributed by atoms with Crippen LogP contribution in [0.1, 0.15) is 5.69 Å². The first kappa shape index (κ1) is 8.96. The summed E-state index contributed by atoms with van der Waals surface area (Å²) in [5.41, 5.74) is 7.13. The van der Waals surface area contributed by atoms with Gasteiger partial charge in [0.05, 0.1) is 17.9 Å². The van der Waals surface area contributed by atoms with Gasteiger partial charge >= 0.3 is 0 Å². The van der Waals surface area contributed by atoms with Gasteiger partial charge in [-0.1, -0.05) is 6.07 Å². The van der Waals surface area contributed by atoms with E-state index in [0.717, 1.165) is 11.4 Å². The molecule has 0 saturated carbocycles. The van der Waals surface area contributed by atoms with Crippen molar-refractivity contribution in [2.45, 2.75) is 6.61 Å². The zero-order chi connectivity index (χ0) is 9.80. The van der Waals surface area contributed by atoms with E-state index in [2.05, 4.69) is 8.75 Å². The molecule has 0 aliphatic carbocycles. The van der Waals surface area contributed by atoms with E-state index in [4.69, 9.17) is 10.5 Å². The van der Waals surface area contributed by atoms with Crippen LogP contribution in [0.4, 0.5) is 5.69 Å². The summed E-state index contributed by atoms with van der Waals surface area (Å²) in [7, 11) is 0. The molecule has 2 rings (SSSR count). The van der Waals surface area contributed by atoms with Crippen LogP contribution in [0.25, 0.3) is 0 Å². The second kappa shape index (κ2) is 4.06. The Kier molecular flexibility index (Phi) is 2.60. The fourth-order valence-corrected chi connectivity index (χ4v) is 1.43. The first-order chi connectivity index (χ1) is 6.84. The van der Waals surface area contributed by atoms with Gasteiger partial charge in [-0.3, -0.25) is 0 Å². The zero-order valence-electron chi connectivity index (χ0n) is 7.38. The minimum atomic E-state index is 0.431. The highest BCUT2D eigenvalue weighted by Gasteiger charge is 1.98. The number of nitrogens with two attached hydrogens (primary N) is 1. The number of aromatic nitrogens is 2. The molecule has 0 spiro atoms. The number of nitrogens with zero attached hydrogens (tertiary/aromatic N) is 2. The maximum absolute atomic E-state index is 5.60. The van der Waals surface area contributed by atoms with E-state index in [1.807, 2.05) is 18.2 Å². The maximum Gasteiger partial charge on any atom is 0.133 e. The predicted octanol–water partition coefficient (Wildman–Crippen LogP) is 1.70. The average Bonchev–Trinajstić information content (AvgIpc) is 2.67. The molecule has 1 aromatic heterocycles. The first-order valence-corrected chi connectivity index (χ1v) is 4.82. The number of nitrogen functional groups attached to an aromatic ring is 1. The Hall–Kier alpha value is -1.62. The highest BCUT2D eigenvalue weighted by atomic mass is 32.1. The minimum Gasteiger partial charge on any atom is -0.487 e. The summed E-state index contributed by atoms with van der Waals surface area (Å²) in [5.74, 6) is 0.748. The lowest BCUT2D eigenvalue weighted by atomic mass is 10.3. The zero-order valence-corrected chi connectivity index (χ0v) is 8.20. The van der Waals surface area contributed by atoms with Gasteiger partial charge in [0, 0.05) is 11.8 Å². The van der Waals surface area contributed by atoms with Gasteiger partial charge in [-0.15, -0.1) is 0 Å². The molecule has 4 nitrogen and oxygen atoms in total. The summed E-state index contributed by atoms with van der Waals surface area (Å²) in [6.07, 6.45) is 1.69. The molecule has 2 aromatic rings. The van der Waals surface area contributed by atoms with Gasteiger partial charge in [0.1, 0.15) is 18.1 Å². The van der Waals surface area contributed by atoms with Crippen LogP contribution >= 0.6 is 11.7 Å². The fourth-order valence-electron chi connectivity index (χ4n) is 1.01. The van der Waals surface area contributed by atoms with Crippen LogP contribution < -0.4 is 10.5 Å². The van der Waals surface area contributed by atoms with Gasteiger partial charge in [-0.05, 0) is 12.1 Å². The van der Waals surface area contributed by atoms with Crippen molar-refractivity contribution in [2.24, 2.45) is 0 Å². The molecular formula is C9H9N3OS. The average molecular weight is 207 g/mol. The molecule has 0 saturated heterocycles. The van der Waals surface area contributed by atoms with Crippen LogP contribution in [-0.4, -0.2) is 8.75 Å². The highest BCUT2D eigenvalue weighted by molar-refractivity contribution is 6.99. The largest absolute Gasteiger partial charge is 0.487 e. The Morgan fingerprint density at radius 3 is 3.07 bits per heavy atom. The standard InChI is InChI=1S/C9H9N3OS/c10-7-2-1-3-9(4-7)13-6-8-5-11-14-12-8/h1-5H,6,10H2. The molecule has 0 aliphatic heterocycles. The Morgan fingerprint density at radius 1 is 1.43 bits per heavy atom. The third-order valence-corrected chi connectivity index (χ3v) is 2.17. The van der Waals surface area contributed by atoms with Crippen LogP contribution in [0.15, 0.2) is 30.5 Å². The first-order valence-electron chi connectivity index (χ1n) is 4.09. The van der Waals surface area contributed by atoms with Gasteiger partial charge in [0.2, 0.25) is 0 Å². The molecule has 0 amide bonds. The summed E-state index contributed by atoms with van der Waals surface area (Å²) in [6.45, 7) is 0.431. The number of anilines is 1. The summed E-state index contributed by atoms with van der Waals surface area (Å²) < 4.78 is 13.4. The monoisotopic (exact) mass is 207 g/mol. The number of hydrogen-bond donors (Lipinski definition) is 1. The Balaban J connectivity index is 1.98. The van der Waals surface area contributed by atoms with E-state index in [1.54, 1.807) is 12.3 Å². The summed E-state index contributed by atoms with van der Waals surface area (Å²) >= 11 is 1.17. The summed E-state index contributed by atoms with van der Waals surface area (Å²) in [6, 6.07) is 7.30. The van der Waals surface area contributed by atoms with E-state index < -0.39 is 0 Å². The maximum atomic E-state index is 5.60. The molecule has 0 aliphatic rings. The van der Waals surface area contributed by atoms with E-state index in [1.165, 1.54) is 11.7 Å². The van der Waals surface area contributed by atoms with E-state index in [-0.39, 0.29) is 0 Å². The van der Waals surface area contributed by atoms with Gasteiger partial charge < -0.3 is 10.5 Å². The predicted molar refractivity (Wildman–Crippen MR) is 55.1 cm³/mol. The SMILES string of the molecule is Nc1cccc(OCc2cnsn2)c1. The fraction of sp³-hybridized carbons (Fsp3) is 0.111. The van der Waals surface area contributed by atoms with Crippen molar-refractivity contribution in [3.63, 3.8) is 0 Å². The number of ether oxygens (including phenoxy) is 1. The number of benzene rings is 1. The van der Waals surface area contributed by atoms with Crippen LogP contribution in [0.3, 0.4) is 0 Å². The van der Waals surface area contributed by atoms with Crippen molar-refractivity contribution < 1.29 is 4.74 Å². The van der Waals surface area contributed by atoms with Crippen molar-refractivity contribution in [1.29, 1.82) is 0 Å². The molecule has 72 valence electrons. The molecule has 0 bridgehead atoms. The minimum absolute atomic E-state index is 0.431. The molecule has 0 radical (unpaired) electrons. The lowest BCUT2D eigenvalue weighted by molar-refractivity contribution is 0.302. The second-order valence-corrected chi connectivity index (χ2v) is 3.32. The number of rotatable bonds is 3. The third-order valence-electron chi connectivity index (χ3n) is 1.65. The van der Waals surface area contributed by atoms with Crippen LogP contribution in [0.5, 0.6) is 5.75 Å². The van der Waals surface area contributed by atoms with Crippen molar-refractivity contribution in [2.75, 3.05) is 5.73 Å². The van der Waals surface area contributed by atoms with Gasteiger partial charge in [0.25, 0.3) is 0 Å².